The molecule has 0 aromatic heterocycles. The molecule has 1 saturated carbocycles. The number of carbonyl (C=O) groups excluding carboxylic acids is 1. The molecule has 2 nitrogen and oxygen atoms in total. The summed E-state index contributed by atoms with van der Waals surface area (Å²) in [5, 5.41) is 0. The molecule has 1 fully saturated rings. The number of hydrogen-bond acceptors (Lipinski definition) is 2. The topological polar surface area (TPSA) is 26.3 Å². The van der Waals surface area contributed by atoms with Gasteiger partial charge in [0.05, 0.1) is 6.26 Å². The monoisotopic (exact) mass is 276 g/mol. The zero-order chi connectivity index (χ0) is 14.8. The SMILES string of the molecule is C=C(F)F.C=COC(=O)C1(CC)C(F)(F)C1(F)F. The Kier molecular flexibility index (Phi) is 4.62. The highest BCUT2D eigenvalue weighted by molar-refractivity contribution is 5.85. The molecule has 0 aliphatic heterocycles. The van der Waals surface area contributed by atoms with Crippen LogP contribution in [-0.4, -0.2) is 17.8 Å². The van der Waals surface area contributed by atoms with Crippen LogP contribution in [0.15, 0.2) is 25.5 Å². The number of ether oxygens (including phenoxy) is 1. The minimum atomic E-state index is -4.32. The van der Waals surface area contributed by atoms with E-state index in [1.807, 2.05) is 0 Å². The third kappa shape index (κ3) is 2.11. The zero-order valence-electron chi connectivity index (χ0n) is 9.28. The Morgan fingerprint density at radius 2 is 1.56 bits per heavy atom. The van der Waals surface area contributed by atoms with Gasteiger partial charge >= 0.3 is 17.8 Å². The van der Waals surface area contributed by atoms with Gasteiger partial charge in [0.15, 0.2) is 0 Å². The molecule has 1 rings (SSSR count). The molecule has 0 spiro atoms. The first-order valence-corrected chi connectivity index (χ1v) is 4.60. The Bertz CT molecular complexity index is 345. The molecule has 0 atom stereocenters. The van der Waals surface area contributed by atoms with Gasteiger partial charge in [-0.2, -0.15) is 26.3 Å². The molecule has 18 heavy (non-hydrogen) atoms. The van der Waals surface area contributed by atoms with Gasteiger partial charge in [-0.25, -0.2) is 0 Å². The molecule has 0 amide bonds. The first-order valence-electron chi connectivity index (χ1n) is 4.60. The highest BCUT2D eigenvalue weighted by Crippen LogP contribution is 2.74. The second-order valence-corrected chi connectivity index (χ2v) is 3.32. The third-order valence-corrected chi connectivity index (χ3v) is 2.47. The molecule has 0 bridgehead atoms. The maximum absolute atomic E-state index is 12.7. The lowest BCUT2D eigenvalue weighted by atomic mass is 10.0. The van der Waals surface area contributed by atoms with Crippen molar-refractivity contribution in [3.05, 3.63) is 25.5 Å². The summed E-state index contributed by atoms with van der Waals surface area (Å²) in [6.45, 7) is 6.24. The van der Waals surface area contributed by atoms with Crippen LogP contribution in [0.25, 0.3) is 0 Å². The summed E-state index contributed by atoms with van der Waals surface area (Å²) < 4.78 is 75.1. The number of alkyl halides is 4. The summed E-state index contributed by atoms with van der Waals surface area (Å²) in [6, 6.07) is 0. The lowest BCUT2D eigenvalue weighted by Crippen LogP contribution is -2.25. The normalized spacial score (nSPS) is 21.1. The number of rotatable bonds is 3. The Morgan fingerprint density at radius 3 is 1.72 bits per heavy atom. The van der Waals surface area contributed by atoms with E-state index in [-0.39, 0.29) is 0 Å². The molecule has 104 valence electrons. The molecular formula is C10H10F6O2. The Labute approximate surface area is 98.9 Å². The average Bonchev–Trinajstić information content (AvgIpc) is 2.53. The van der Waals surface area contributed by atoms with Gasteiger partial charge in [0.1, 0.15) is 0 Å². The van der Waals surface area contributed by atoms with E-state index in [4.69, 9.17) is 0 Å². The molecule has 0 aromatic rings. The number of halogens is 6. The second kappa shape index (κ2) is 5.03. The third-order valence-electron chi connectivity index (χ3n) is 2.47. The van der Waals surface area contributed by atoms with Gasteiger partial charge in [-0.3, -0.25) is 4.79 Å². The molecule has 0 radical (unpaired) electrons. The van der Waals surface area contributed by atoms with Gasteiger partial charge in [-0.05, 0) is 13.0 Å². The summed E-state index contributed by atoms with van der Waals surface area (Å²) in [5.41, 5.74) is -3.01. The molecule has 1 aliphatic rings. The van der Waals surface area contributed by atoms with Crippen molar-refractivity contribution >= 4 is 5.97 Å². The largest absolute Gasteiger partial charge is 0.434 e. The number of esters is 1. The van der Waals surface area contributed by atoms with Gasteiger partial charge in [0, 0.05) is 0 Å². The fourth-order valence-corrected chi connectivity index (χ4v) is 1.49. The minimum absolute atomic E-state index is 0.560. The van der Waals surface area contributed by atoms with Crippen LogP contribution >= 0.6 is 0 Å². The molecule has 0 saturated heterocycles. The lowest BCUT2D eigenvalue weighted by molar-refractivity contribution is -0.150. The number of hydrogen-bond donors (Lipinski definition) is 0. The van der Waals surface area contributed by atoms with Gasteiger partial charge in [0.25, 0.3) is 6.08 Å². The second-order valence-electron chi connectivity index (χ2n) is 3.32. The van der Waals surface area contributed by atoms with Crippen molar-refractivity contribution in [1.82, 2.24) is 0 Å². The van der Waals surface area contributed by atoms with Gasteiger partial charge < -0.3 is 4.74 Å². The van der Waals surface area contributed by atoms with Crippen LogP contribution < -0.4 is 0 Å². The lowest BCUT2D eigenvalue weighted by Gasteiger charge is -2.08. The average molecular weight is 276 g/mol. The summed E-state index contributed by atoms with van der Waals surface area (Å²) in [7, 11) is 0. The van der Waals surface area contributed by atoms with Gasteiger partial charge in [-0.15, -0.1) is 0 Å². The van der Waals surface area contributed by atoms with E-state index < -0.39 is 35.7 Å². The maximum atomic E-state index is 12.7. The van der Waals surface area contributed by atoms with E-state index in [0.29, 0.717) is 6.26 Å². The first-order chi connectivity index (χ1) is 8.02. The fourth-order valence-electron chi connectivity index (χ4n) is 1.49. The van der Waals surface area contributed by atoms with E-state index in [1.165, 1.54) is 0 Å². The van der Waals surface area contributed by atoms with Crippen molar-refractivity contribution in [1.29, 1.82) is 0 Å². The maximum Gasteiger partial charge on any atom is 0.333 e. The van der Waals surface area contributed by atoms with Gasteiger partial charge in [0.2, 0.25) is 5.41 Å². The molecule has 8 heteroatoms. The van der Waals surface area contributed by atoms with Crippen molar-refractivity contribution in [3.8, 4) is 0 Å². The van der Waals surface area contributed by atoms with E-state index in [2.05, 4.69) is 17.9 Å². The van der Waals surface area contributed by atoms with Crippen LogP contribution in [0.1, 0.15) is 13.3 Å². The summed E-state index contributed by atoms with van der Waals surface area (Å²) >= 11 is 0. The molecule has 1 aliphatic carbocycles. The fraction of sp³-hybridized carbons (Fsp3) is 0.500. The van der Waals surface area contributed by atoms with Crippen LogP contribution in [-0.2, 0) is 9.53 Å². The standard InChI is InChI=1S/C8H8F4O2.C2H2F2/c1-3-6(5(13)14-4-2)7(9,10)8(6,11)12;1-2(3)4/h4H,2-3H2,1H3;1H2. The summed E-state index contributed by atoms with van der Waals surface area (Å²) in [6.07, 6.45) is -1.95. The Morgan fingerprint density at radius 1 is 1.22 bits per heavy atom. The highest BCUT2D eigenvalue weighted by Gasteiger charge is 2.99. The summed E-state index contributed by atoms with van der Waals surface area (Å²) in [4.78, 5) is 10.9. The van der Waals surface area contributed by atoms with Crippen LogP contribution in [0.4, 0.5) is 26.3 Å². The van der Waals surface area contributed by atoms with Crippen molar-refractivity contribution in [2.24, 2.45) is 5.41 Å². The first kappa shape index (κ1) is 16.5. The van der Waals surface area contributed by atoms with Gasteiger partial charge in [-0.1, -0.05) is 13.5 Å². The molecular weight excluding hydrogens is 266 g/mol. The van der Waals surface area contributed by atoms with E-state index in [9.17, 15) is 31.1 Å². The van der Waals surface area contributed by atoms with E-state index in [0.717, 1.165) is 6.92 Å². The molecule has 0 N–H and O–H groups in total. The smallest absolute Gasteiger partial charge is 0.333 e. The Balaban J connectivity index is 0.000000631. The van der Waals surface area contributed by atoms with Crippen LogP contribution in [0.3, 0.4) is 0 Å². The quantitative estimate of drug-likeness (QED) is 0.446. The zero-order valence-corrected chi connectivity index (χ0v) is 9.28. The van der Waals surface area contributed by atoms with Crippen molar-refractivity contribution in [3.63, 3.8) is 0 Å². The Hall–Kier alpha value is -1.47. The highest BCUT2D eigenvalue weighted by atomic mass is 19.3. The minimum Gasteiger partial charge on any atom is -0.434 e. The van der Waals surface area contributed by atoms with Crippen LogP contribution in [0, 0.1) is 5.41 Å². The summed E-state index contributed by atoms with van der Waals surface area (Å²) in [5.74, 6) is -10.3. The van der Waals surface area contributed by atoms with Crippen molar-refractivity contribution < 1.29 is 35.9 Å². The van der Waals surface area contributed by atoms with Crippen molar-refractivity contribution in [2.45, 2.75) is 25.2 Å². The molecule has 0 aromatic carbocycles. The predicted octanol–water partition coefficient (Wildman–Crippen LogP) is 3.75. The van der Waals surface area contributed by atoms with Crippen LogP contribution in [0.2, 0.25) is 0 Å². The van der Waals surface area contributed by atoms with Crippen LogP contribution in [0.5, 0.6) is 0 Å². The van der Waals surface area contributed by atoms with E-state index in [1.54, 1.807) is 0 Å². The molecule has 0 heterocycles. The van der Waals surface area contributed by atoms with Crippen molar-refractivity contribution in [2.75, 3.05) is 0 Å². The molecule has 0 unspecified atom stereocenters. The predicted molar refractivity (Wildman–Crippen MR) is 50.3 cm³/mol. The van der Waals surface area contributed by atoms with E-state index >= 15 is 0 Å². The number of carbonyl (C=O) groups is 1.